The zero-order valence-electron chi connectivity index (χ0n) is 19.0. The lowest BCUT2D eigenvalue weighted by molar-refractivity contribution is 0.251. The number of unbranched alkanes of at least 4 members (excludes halogenated alkanes) is 1. The van der Waals surface area contributed by atoms with E-state index in [0.717, 1.165) is 44.8 Å². The van der Waals surface area contributed by atoms with E-state index in [-0.39, 0.29) is 0 Å². The highest BCUT2D eigenvalue weighted by molar-refractivity contribution is 5.93. The molecule has 4 nitrogen and oxygen atoms in total. The summed E-state index contributed by atoms with van der Waals surface area (Å²) in [4.78, 5) is 5.11. The number of piperazine rings is 1. The zero-order valence-corrected chi connectivity index (χ0v) is 19.0. The fraction of sp³-hybridized carbons (Fsp3) is 0.321. The molecule has 0 atom stereocenters. The Morgan fingerprint density at radius 2 is 1.44 bits per heavy atom. The van der Waals surface area contributed by atoms with Gasteiger partial charge in [0, 0.05) is 49.4 Å². The van der Waals surface area contributed by atoms with Crippen molar-refractivity contribution in [1.29, 1.82) is 0 Å². The molecule has 0 saturated carbocycles. The number of hydrogen-bond acceptors (Lipinski definition) is 3. The van der Waals surface area contributed by atoms with Crippen LogP contribution in [0.25, 0.3) is 22.2 Å². The average Bonchev–Trinajstić information content (AvgIpc) is 3.21. The van der Waals surface area contributed by atoms with E-state index in [1.54, 1.807) is 0 Å². The molecule has 0 radical (unpaired) electrons. The van der Waals surface area contributed by atoms with Gasteiger partial charge in [0.15, 0.2) is 0 Å². The molecule has 4 aromatic rings. The highest BCUT2D eigenvalue weighted by Crippen LogP contribution is 2.29. The summed E-state index contributed by atoms with van der Waals surface area (Å²) in [5.41, 5.74) is 6.16. The van der Waals surface area contributed by atoms with E-state index >= 15 is 0 Å². The monoisotopic (exact) mass is 424 g/mol. The van der Waals surface area contributed by atoms with Crippen LogP contribution in [0.4, 0.5) is 5.69 Å². The molecule has 1 aromatic heterocycles. The molecular formula is C28H32N4. The third-order valence-corrected chi connectivity index (χ3v) is 6.54. The number of para-hydroxylation sites is 1. The first kappa shape index (κ1) is 20.8. The molecule has 2 heterocycles. The fourth-order valence-corrected chi connectivity index (χ4v) is 4.74. The standard InChI is InChI=1S/C28H32N4/c1-23-14-15-27-26(22-23)28(24-10-4-2-5-11-24)29-32(27)17-9-8-16-30-18-20-31(21-19-30)25-12-6-3-7-13-25/h2-7,10-15,22H,8-9,16-21H2,1H3. The second-order valence-electron chi connectivity index (χ2n) is 8.83. The van der Waals surface area contributed by atoms with Gasteiger partial charge in [0.2, 0.25) is 0 Å². The molecule has 1 aliphatic rings. The summed E-state index contributed by atoms with van der Waals surface area (Å²) in [6.07, 6.45) is 2.36. The number of anilines is 1. The highest BCUT2D eigenvalue weighted by Gasteiger charge is 2.17. The van der Waals surface area contributed by atoms with Crippen LogP contribution in [-0.4, -0.2) is 47.4 Å². The lowest BCUT2D eigenvalue weighted by Crippen LogP contribution is -2.46. The highest BCUT2D eigenvalue weighted by atomic mass is 15.3. The summed E-state index contributed by atoms with van der Waals surface area (Å²) in [5, 5.41) is 6.28. The first-order valence-corrected chi connectivity index (χ1v) is 11.8. The molecule has 1 aliphatic heterocycles. The van der Waals surface area contributed by atoms with Crippen molar-refractivity contribution >= 4 is 16.6 Å². The zero-order chi connectivity index (χ0) is 21.8. The molecule has 0 spiro atoms. The maximum absolute atomic E-state index is 5.02. The van der Waals surface area contributed by atoms with Crippen molar-refractivity contribution in [2.75, 3.05) is 37.6 Å². The molecule has 0 aliphatic carbocycles. The normalized spacial score (nSPS) is 14.8. The first-order valence-electron chi connectivity index (χ1n) is 11.8. The Labute approximate surface area is 191 Å². The molecular weight excluding hydrogens is 392 g/mol. The van der Waals surface area contributed by atoms with Crippen LogP contribution in [0, 0.1) is 6.92 Å². The molecule has 1 fully saturated rings. The van der Waals surface area contributed by atoms with Crippen molar-refractivity contribution in [3.63, 3.8) is 0 Å². The molecule has 0 unspecified atom stereocenters. The number of rotatable bonds is 7. The molecule has 4 heteroatoms. The largest absolute Gasteiger partial charge is 0.369 e. The SMILES string of the molecule is Cc1ccc2c(c1)c(-c1ccccc1)nn2CCCCN1CCN(c2ccccc2)CC1. The number of aryl methyl sites for hydroxylation is 2. The van der Waals surface area contributed by atoms with E-state index in [4.69, 9.17) is 5.10 Å². The van der Waals surface area contributed by atoms with Crippen molar-refractivity contribution in [3.8, 4) is 11.3 Å². The predicted molar refractivity (Wildman–Crippen MR) is 134 cm³/mol. The van der Waals surface area contributed by atoms with E-state index in [9.17, 15) is 0 Å². The second-order valence-corrected chi connectivity index (χ2v) is 8.83. The van der Waals surface area contributed by atoms with E-state index in [1.165, 1.54) is 40.7 Å². The Balaban J connectivity index is 1.18. The molecule has 0 N–H and O–H groups in total. The van der Waals surface area contributed by atoms with Gasteiger partial charge in [-0.05, 0) is 50.6 Å². The van der Waals surface area contributed by atoms with Crippen LogP contribution >= 0.6 is 0 Å². The number of fused-ring (bicyclic) bond motifs is 1. The predicted octanol–water partition coefficient (Wildman–Crippen LogP) is 5.61. The Hall–Kier alpha value is -3.11. The maximum Gasteiger partial charge on any atom is 0.100 e. The summed E-state index contributed by atoms with van der Waals surface area (Å²) in [6.45, 7) is 8.83. The Morgan fingerprint density at radius 3 is 2.19 bits per heavy atom. The van der Waals surface area contributed by atoms with Crippen LogP contribution < -0.4 is 4.90 Å². The van der Waals surface area contributed by atoms with Gasteiger partial charge in [0.25, 0.3) is 0 Å². The van der Waals surface area contributed by atoms with Gasteiger partial charge >= 0.3 is 0 Å². The van der Waals surface area contributed by atoms with Gasteiger partial charge in [0.1, 0.15) is 5.69 Å². The second kappa shape index (κ2) is 9.58. The van der Waals surface area contributed by atoms with Crippen molar-refractivity contribution in [2.45, 2.75) is 26.3 Å². The fourth-order valence-electron chi connectivity index (χ4n) is 4.74. The number of nitrogens with zero attached hydrogens (tertiary/aromatic N) is 4. The Morgan fingerprint density at radius 1 is 0.750 bits per heavy atom. The van der Waals surface area contributed by atoms with Crippen molar-refractivity contribution in [1.82, 2.24) is 14.7 Å². The molecule has 3 aromatic carbocycles. The van der Waals surface area contributed by atoms with Crippen LogP contribution in [0.15, 0.2) is 78.9 Å². The van der Waals surface area contributed by atoms with Crippen molar-refractivity contribution in [3.05, 3.63) is 84.4 Å². The van der Waals surface area contributed by atoms with Crippen LogP contribution in [0.1, 0.15) is 18.4 Å². The lowest BCUT2D eigenvalue weighted by Gasteiger charge is -2.36. The van der Waals surface area contributed by atoms with Gasteiger partial charge in [-0.1, -0.05) is 60.2 Å². The number of aromatic nitrogens is 2. The number of benzene rings is 3. The van der Waals surface area contributed by atoms with Crippen molar-refractivity contribution in [2.24, 2.45) is 0 Å². The van der Waals surface area contributed by atoms with Crippen LogP contribution in [0.5, 0.6) is 0 Å². The molecule has 1 saturated heterocycles. The van der Waals surface area contributed by atoms with Crippen molar-refractivity contribution < 1.29 is 0 Å². The topological polar surface area (TPSA) is 24.3 Å². The minimum absolute atomic E-state index is 0.969. The van der Waals surface area contributed by atoms with E-state index in [2.05, 4.69) is 100 Å². The summed E-state index contributed by atoms with van der Waals surface area (Å²) < 4.78 is 2.21. The Kier molecular flexibility index (Phi) is 6.22. The molecule has 32 heavy (non-hydrogen) atoms. The molecule has 5 rings (SSSR count). The van der Waals surface area contributed by atoms with E-state index in [0.29, 0.717) is 0 Å². The summed E-state index contributed by atoms with van der Waals surface area (Å²) in [5.74, 6) is 0. The van der Waals surface area contributed by atoms with Gasteiger partial charge in [-0.25, -0.2) is 0 Å². The minimum atomic E-state index is 0.969. The minimum Gasteiger partial charge on any atom is -0.369 e. The quantitative estimate of drug-likeness (QED) is 0.360. The summed E-state index contributed by atoms with van der Waals surface area (Å²) >= 11 is 0. The third-order valence-electron chi connectivity index (χ3n) is 6.54. The summed E-state index contributed by atoms with van der Waals surface area (Å²) in [6, 6.07) is 28.0. The average molecular weight is 425 g/mol. The van der Waals surface area contributed by atoms with Crippen LogP contribution in [0.2, 0.25) is 0 Å². The van der Waals surface area contributed by atoms with Crippen LogP contribution in [-0.2, 0) is 6.54 Å². The number of hydrogen-bond donors (Lipinski definition) is 0. The van der Waals surface area contributed by atoms with Crippen LogP contribution in [0.3, 0.4) is 0 Å². The van der Waals surface area contributed by atoms with Gasteiger partial charge in [0.05, 0.1) is 5.52 Å². The first-order chi connectivity index (χ1) is 15.8. The van der Waals surface area contributed by atoms with E-state index in [1.807, 2.05) is 0 Å². The van der Waals surface area contributed by atoms with Gasteiger partial charge in [-0.3, -0.25) is 9.58 Å². The van der Waals surface area contributed by atoms with Gasteiger partial charge in [-0.15, -0.1) is 0 Å². The molecule has 0 bridgehead atoms. The maximum atomic E-state index is 5.02. The molecule has 0 amide bonds. The summed E-state index contributed by atoms with van der Waals surface area (Å²) in [7, 11) is 0. The lowest BCUT2D eigenvalue weighted by atomic mass is 10.1. The smallest absolute Gasteiger partial charge is 0.100 e. The van der Waals surface area contributed by atoms with Gasteiger partial charge in [-0.2, -0.15) is 5.10 Å². The Bertz CT molecular complexity index is 1140. The van der Waals surface area contributed by atoms with Gasteiger partial charge < -0.3 is 4.90 Å². The third kappa shape index (κ3) is 4.56. The molecule has 164 valence electrons. The van der Waals surface area contributed by atoms with E-state index < -0.39 is 0 Å².